The Morgan fingerprint density at radius 3 is 2.52 bits per heavy atom. The molecule has 8 nitrogen and oxygen atoms in total. The third-order valence-corrected chi connectivity index (χ3v) is 4.41. The largest absolute Gasteiger partial charge is 0.484 e. The molecule has 29 heavy (non-hydrogen) atoms. The second-order valence-corrected chi connectivity index (χ2v) is 6.82. The number of nitrogens with one attached hydrogen (secondary N) is 1. The number of amides is 2. The molecule has 0 aliphatic rings. The highest BCUT2D eigenvalue weighted by molar-refractivity contribution is 5.88. The van der Waals surface area contributed by atoms with Crippen molar-refractivity contribution in [1.29, 1.82) is 0 Å². The van der Waals surface area contributed by atoms with Gasteiger partial charge < -0.3 is 24.5 Å². The highest BCUT2D eigenvalue weighted by Crippen LogP contribution is 2.22. The average molecular weight is 404 g/mol. The molecule has 2 rings (SSSR count). The van der Waals surface area contributed by atoms with Gasteiger partial charge in [0.1, 0.15) is 17.4 Å². The van der Waals surface area contributed by atoms with E-state index in [1.54, 1.807) is 24.0 Å². The van der Waals surface area contributed by atoms with E-state index in [4.69, 9.17) is 9.15 Å². The van der Waals surface area contributed by atoms with E-state index in [9.17, 15) is 19.5 Å². The van der Waals surface area contributed by atoms with Crippen molar-refractivity contribution in [3.63, 3.8) is 0 Å². The Morgan fingerprint density at radius 2 is 1.90 bits per heavy atom. The first kappa shape index (κ1) is 22.4. The first-order chi connectivity index (χ1) is 13.9. The highest BCUT2D eigenvalue weighted by atomic mass is 16.5. The number of aryl methyl sites for hydroxylation is 1. The lowest BCUT2D eigenvalue weighted by molar-refractivity contribution is -0.138. The quantitative estimate of drug-likeness (QED) is 0.582. The van der Waals surface area contributed by atoms with E-state index < -0.39 is 24.2 Å². The van der Waals surface area contributed by atoms with Crippen LogP contribution in [0.2, 0.25) is 0 Å². The summed E-state index contributed by atoms with van der Waals surface area (Å²) in [6, 6.07) is 5.34. The molecule has 0 aliphatic carbocycles. The molecule has 0 aliphatic heterocycles. The fraction of sp³-hybridized carbons (Fsp3) is 0.476. The fourth-order valence-corrected chi connectivity index (χ4v) is 3.06. The molecule has 1 heterocycles. The number of carbonyl (C=O) groups excluding carboxylic acids is 2. The lowest BCUT2D eigenvalue weighted by Crippen LogP contribution is -2.51. The number of carbonyl (C=O) groups is 2. The molecular weight excluding hydrogens is 376 g/mol. The van der Waals surface area contributed by atoms with E-state index in [1.807, 2.05) is 13.8 Å². The number of hydrogen-bond donors (Lipinski definition) is 2. The number of ether oxygens (including phenoxy) is 1. The molecule has 2 aromatic rings. The molecule has 158 valence electrons. The van der Waals surface area contributed by atoms with Crippen molar-refractivity contribution in [1.82, 2.24) is 10.2 Å². The number of fused-ring (bicyclic) bond motifs is 1. The molecule has 0 fully saturated rings. The van der Waals surface area contributed by atoms with Crippen molar-refractivity contribution in [2.24, 2.45) is 0 Å². The Morgan fingerprint density at radius 1 is 1.21 bits per heavy atom. The first-order valence-corrected chi connectivity index (χ1v) is 9.75. The fourth-order valence-electron chi connectivity index (χ4n) is 3.06. The van der Waals surface area contributed by atoms with Crippen LogP contribution in [-0.2, 0) is 9.59 Å². The minimum atomic E-state index is -1.01. The molecule has 1 aromatic heterocycles. The first-order valence-electron chi connectivity index (χ1n) is 9.75. The molecule has 0 bridgehead atoms. The number of aliphatic hydroxyl groups is 1. The zero-order chi connectivity index (χ0) is 21.4. The summed E-state index contributed by atoms with van der Waals surface area (Å²) in [6.07, 6.45) is 1.58. The minimum absolute atomic E-state index is 0.312. The monoisotopic (exact) mass is 404 g/mol. The van der Waals surface area contributed by atoms with Gasteiger partial charge in [0.2, 0.25) is 5.91 Å². The van der Waals surface area contributed by atoms with Crippen LogP contribution in [0.1, 0.15) is 32.3 Å². The number of aliphatic hydroxyl groups excluding tert-OH is 1. The molecule has 8 heteroatoms. The van der Waals surface area contributed by atoms with Crippen LogP contribution in [0.5, 0.6) is 5.75 Å². The van der Waals surface area contributed by atoms with Crippen LogP contribution in [0, 0.1) is 6.92 Å². The van der Waals surface area contributed by atoms with Gasteiger partial charge in [-0.2, -0.15) is 0 Å². The van der Waals surface area contributed by atoms with E-state index in [0.717, 1.165) is 23.8 Å². The van der Waals surface area contributed by atoms with Gasteiger partial charge >= 0.3 is 5.63 Å². The average Bonchev–Trinajstić information content (AvgIpc) is 2.69. The molecule has 1 aromatic carbocycles. The van der Waals surface area contributed by atoms with Crippen LogP contribution in [0.4, 0.5) is 0 Å². The second kappa shape index (κ2) is 10.6. The van der Waals surface area contributed by atoms with Crippen LogP contribution in [0.25, 0.3) is 11.0 Å². The van der Waals surface area contributed by atoms with E-state index in [1.165, 1.54) is 12.1 Å². The zero-order valence-electron chi connectivity index (χ0n) is 17.1. The van der Waals surface area contributed by atoms with E-state index >= 15 is 0 Å². The smallest absolute Gasteiger partial charge is 0.336 e. The Bertz CT molecular complexity index is 902. The molecular formula is C21H28N2O6. The molecule has 2 amide bonds. The Kier molecular flexibility index (Phi) is 8.21. The lowest BCUT2D eigenvalue weighted by atomic mass is 10.1. The maximum Gasteiger partial charge on any atom is 0.336 e. The van der Waals surface area contributed by atoms with Crippen molar-refractivity contribution in [3.8, 4) is 5.75 Å². The van der Waals surface area contributed by atoms with Gasteiger partial charge in [-0.05, 0) is 37.5 Å². The molecule has 0 radical (unpaired) electrons. The lowest BCUT2D eigenvalue weighted by Gasteiger charge is -2.26. The van der Waals surface area contributed by atoms with Crippen molar-refractivity contribution >= 4 is 22.8 Å². The highest BCUT2D eigenvalue weighted by Gasteiger charge is 2.24. The molecule has 1 unspecified atom stereocenters. The number of benzene rings is 1. The van der Waals surface area contributed by atoms with Crippen LogP contribution in [0.15, 0.2) is 33.5 Å². The zero-order valence-corrected chi connectivity index (χ0v) is 17.1. The van der Waals surface area contributed by atoms with Crippen LogP contribution in [-0.4, -0.2) is 54.2 Å². The number of hydrogen-bond acceptors (Lipinski definition) is 6. The molecule has 0 saturated heterocycles. The van der Waals surface area contributed by atoms with Gasteiger partial charge in [-0.3, -0.25) is 9.59 Å². The Balaban J connectivity index is 1.99. The second-order valence-electron chi connectivity index (χ2n) is 6.82. The predicted molar refractivity (Wildman–Crippen MR) is 109 cm³/mol. The summed E-state index contributed by atoms with van der Waals surface area (Å²) in [4.78, 5) is 37.9. The maximum atomic E-state index is 12.5. The van der Waals surface area contributed by atoms with Gasteiger partial charge in [-0.15, -0.1) is 0 Å². The van der Waals surface area contributed by atoms with Gasteiger partial charge in [0.05, 0.1) is 6.61 Å². The van der Waals surface area contributed by atoms with Crippen LogP contribution in [0.3, 0.4) is 0 Å². The molecule has 2 N–H and O–H groups in total. The minimum Gasteiger partial charge on any atom is -0.484 e. The third-order valence-electron chi connectivity index (χ3n) is 4.41. The summed E-state index contributed by atoms with van der Waals surface area (Å²) in [6.45, 7) is 6.03. The number of rotatable bonds is 10. The Labute approximate surface area is 169 Å². The topological polar surface area (TPSA) is 109 Å². The molecule has 0 spiro atoms. The van der Waals surface area contributed by atoms with E-state index in [-0.39, 0.29) is 12.5 Å². The predicted octanol–water partition coefficient (Wildman–Crippen LogP) is 1.61. The SMILES string of the molecule is CCCN(CCC)C(=O)C(CO)NC(=O)COc1ccc2c(C)cc(=O)oc2c1. The van der Waals surface area contributed by atoms with Gasteiger partial charge in [0, 0.05) is 30.6 Å². The van der Waals surface area contributed by atoms with E-state index in [0.29, 0.717) is 24.4 Å². The summed E-state index contributed by atoms with van der Waals surface area (Å²) in [7, 11) is 0. The van der Waals surface area contributed by atoms with Crippen LogP contribution < -0.4 is 15.7 Å². The molecule has 1 atom stereocenters. The van der Waals surface area contributed by atoms with Gasteiger partial charge in [0.15, 0.2) is 6.61 Å². The van der Waals surface area contributed by atoms with Gasteiger partial charge in [0.25, 0.3) is 5.91 Å². The van der Waals surface area contributed by atoms with E-state index in [2.05, 4.69) is 5.32 Å². The summed E-state index contributed by atoms with van der Waals surface area (Å²) in [5.41, 5.74) is 0.692. The van der Waals surface area contributed by atoms with Gasteiger partial charge in [-0.25, -0.2) is 4.79 Å². The summed E-state index contributed by atoms with van der Waals surface area (Å²) < 4.78 is 10.6. The Hall–Kier alpha value is -2.87. The summed E-state index contributed by atoms with van der Waals surface area (Å²) in [5, 5.41) is 12.8. The van der Waals surface area contributed by atoms with Crippen LogP contribution >= 0.6 is 0 Å². The van der Waals surface area contributed by atoms with Crippen molar-refractivity contribution in [2.45, 2.75) is 39.7 Å². The number of nitrogens with zero attached hydrogens (tertiary/aromatic N) is 1. The normalized spacial score (nSPS) is 11.9. The maximum absolute atomic E-state index is 12.5. The van der Waals surface area contributed by atoms with Crippen molar-refractivity contribution < 1.29 is 23.8 Å². The summed E-state index contributed by atoms with van der Waals surface area (Å²) in [5.74, 6) is -0.490. The van der Waals surface area contributed by atoms with Crippen molar-refractivity contribution in [2.75, 3.05) is 26.3 Å². The standard InChI is InChI=1S/C21H28N2O6/c1-4-8-23(9-5-2)21(27)17(12-24)22-19(25)13-28-15-6-7-16-14(3)10-20(26)29-18(16)11-15/h6-7,10-11,17,24H,4-5,8-9,12-13H2,1-3H3,(H,22,25). The summed E-state index contributed by atoms with van der Waals surface area (Å²) >= 11 is 0. The molecule has 0 saturated carbocycles. The van der Waals surface area contributed by atoms with Gasteiger partial charge in [-0.1, -0.05) is 13.8 Å². The van der Waals surface area contributed by atoms with Crippen molar-refractivity contribution in [3.05, 3.63) is 40.2 Å². The third kappa shape index (κ3) is 6.05.